The van der Waals surface area contributed by atoms with E-state index in [1.165, 1.54) is 18.1 Å². The fourth-order valence-corrected chi connectivity index (χ4v) is 2.11. The molecule has 1 N–H and O–H groups in total. The van der Waals surface area contributed by atoms with Crippen LogP contribution in [0.5, 0.6) is 0 Å². The zero-order chi connectivity index (χ0) is 9.84. The van der Waals surface area contributed by atoms with Crippen molar-refractivity contribution in [2.24, 2.45) is 0 Å². The maximum atomic E-state index is 11.1. The molecule has 0 aliphatic carbocycles. The fourth-order valence-electron chi connectivity index (χ4n) is 0.671. The monoisotopic (exact) mass is 282 g/mol. The van der Waals surface area contributed by atoms with Gasteiger partial charge in [-0.1, -0.05) is 6.92 Å². The predicted molar refractivity (Wildman–Crippen MR) is 58.6 cm³/mol. The Bertz CT molecular complexity index is 344. The molecule has 0 radical (unpaired) electrons. The lowest BCUT2D eigenvalue weighted by Gasteiger charge is -2.06. The third kappa shape index (κ3) is 3.00. The van der Waals surface area contributed by atoms with Crippen LogP contribution in [0.1, 0.15) is 6.92 Å². The van der Waals surface area contributed by atoms with Gasteiger partial charge in [0.15, 0.2) is 0 Å². The quantitative estimate of drug-likeness (QED) is 0.526. The minimum Gasteiger partial charge on any atom is -0.312 e. The van der Waals surface area contributed by atoms with Crippen molar-refractivity contribution in [3.05, 3.63) is 21.2 Å². The molecule has 0 aliphatic rings. The zero-order valence-corrected chi connectivity index (χ0v) is 10.0. The Morgan fingerprint density at radius 2 is 2.54 bits per heavy atom. The second kappa shape index (κ2) is 5.02. The van der Waals surface area contributed by atoms with Crippen molar-refractivity contribution >= 4 is 39.3 Å². The van der Waals surface area contributed by atoms with Crippen LogP contribution in [0, 0.1) is 0 Å². The minimum absolute atomic E-state index is 0.167. The molecule has 1 heterocycles. The fraction of sp³-hybridized carbons (Fsp3) is 0.429. The van der Waals surface area contributed by atoms with E-state index in [1.807, 2.05) is 6.92 Å². The van der Waals surface area contributed by atoms with E-state index < -0.39 is 0 Å². The summed E-state index contributed by atoms with van der Waals surface area (Å²) >= 11 is 10.3. The average molecular weight is 284 g/mol. The van der Waals surface area contributed by atoms with Gasteiger partial charge in [-0.15, -0.1) is 23.4 Å². The van der Waals surface area contributed by atoms with Crippen LogP contribution >= 0.6 is 39.3 Å². The summed E-state index contributed by atoms with van der Waals surface area (Å²) in [4.78, 5) is 17.6. The SMILES string of the molecule is CC(CCl)Sc1nc[nH]c(=O)c1Br. The van der Waals surface area contributed by atoms with Gasteiger partial charge in [0, 0.05) is 11.1 Å². The van der Waals surface area contributed by atoms with Crippen molar-refractivity contribution in [3.8, 4) is 0 Å². The number of thioether (sulfide) groups is 1. The third-order valence-corrected chi connectivity index (χ3v) is 4.04. The van der Waals surface area contributed by atoms with E-state index >= 15 is 0 Å². The second-order valence-corrected chi connectivity index (χ2v) is 4.96. The number of rotatable bonds is 3. The van der Waals surface area contributed by atoms with Crippen LogP contribution in [0.4, 0.5) is 0 Å². The van der Waals surface area contributed by atoms with Crippen molar-refractivity contribution in [2.75, 3.05) is 5.88 Å². The lowest BCUT2D eigenvalue weighted by Crippen LogP contribution is -2.09. The van der Waals surface area contributed by atoms with Gasteiger partial charge < -0.3 is 4.98 Å². The molecule has 0 saturated heterocycles. The Labute approximate surface area is 93.4 Å². The van der Waals surface area contributed by atoms with Gasteiger partial charge in [-0.25, -0.2) is 4.98 Å². The van der Waals surface area contributed by atoms with Crippen molar-refractivity contribution in [2.45, 2.75) is 17.2 Å². The Balaban J connectivity index is 2.89. The summed E-state index contributed by atoms with van der Waals surface area (Å²) in [5.74, 6) is 0.533. The molecule has 0 amide bonds. The summed E-state index contributed by atoms with van der Waals surface area (Å²) in [5, 5.41) is 0.921. The summed E-state index contributed by atoms with van der Waals surface area (Å²) < 4.78 is 0.469. The van der Waals surface area contributed by atoms with Crippen LogP contribution in [0.3, 0.4) is 0 Å². The molecule has 13 heavy (non-hydrogen) atoms. The first-order chi connectivity index (χ1) is 6.15. The molecule has 0 aliphatic heterocycles. The highest BCUT2D eigenvalue weighted by molar-refractivity contribution is 9.10. The van der Waals surface area contributed by atoms with Crippen LogP contribution in [0.15, 0.2) is 20.6 Å². The molecule has 72 valence electrons. The molecule has 1 rings (SSSR count). The highest BCUT2D eigenvalue weighted by Crippen LogP contribution is 2.25. The lowest BCUT2D eigenvalue weighted by atomic mass is 10.6. The molecule has 0 bridgehead atoms. The maximum absolute atomic E-state index is 11.1. The largest absolute Gasteiger partial charge is 0.312 e. The van der Waals surface area contributed by atoms with Gasteiger partial charge in [-0.3, -0.25) is 4.79 Å². The van der Waals surface area contributed by atoms with Gasteiger partial charge in [0.25, 0.3) is 5.56 Å². The van der Waals surface area contributed by atoms with Crippen LogP contribution in [-0.2, 0) is 0 Å². The predicted octanol–water partition coefficient (Wildman–Crippen LogP) is 2.25. The van der Waals surface area contributed by atoms with E-state index in [2.05, 4.69) is 25.9 Å². The number of hydrogen-bond acceptors (Lipinski definition) is 3. The summed E-state index contributed by atoms with van der Waals surface area (Å²) in [6.07, 6.45) is 1.39. The second-order valence-electron chi connectivity index (χ2n) is 2.43. The number of H-pyrrole nitrogens is 1. The molecule has 0 saturated carbocycles. The van der Waals surface area contributed by atoms with E-state index in [-0.39, 0.29) is 10.8 Å². The molecule has 0 spiro atoms. The molecule has 1 atom stereocenters. The number of nitrogens with one attached hydrogen (secondary N) is 1. The molecule has 6 heteroatoms. The van der Waals surface area contributed by atoms with Gasteiger partial charge in [-0.05, 0) is 15.9 Å². The summed E-state index contributed by atoms with van der Waals surface area (Å²) in [6, 6.07) is 0. The first-order valence-electron chi connectivity index (χ1n) is 3.61. The average Bonchev–Trinajstić information content (AvgIpc) is 2.13. The van der Waals surface area contributed by atoms with Crippen molar-refractivity contribution < 1.29 is 0 Å². The topological polar surface area (TPSA) is 45.8 Å². The Morgan fingerprint density at radius 1 is 1.85 bits per heavy atom. The van der Waals surface area contributed by atoms with E-state index in [1.54, 1.807) is 0 Å². The first kappa shape index (κ1) is 11.1. The highest BCUT2D eigenvalue weighted by Gasteiger charge is 2.09. The molecule has 1 aromatic heterocycles. The van der Waals surface area contributed by atoms with Crippen LogP contribution in [0.25, 0.3) is 0 Å². The summed E-state index contributed by atoms with van der Waals surface area (Å²) in [7, 11) is 0. The van der Waals surface area contributed by atoms with Crippen LogP contribution in [0.2, 0.25) is 0 Å². The number of alkyl halides is 1. The summed E-state index contributed by atoms with van der Waals surface area (Å²) in [6.45, 7) is 1.98. The summed E-state index contributed by atoms with van der Waals surface area (Å²) in [5.41, 5.74) is -0.167. The zero-order valence-electron chi connectivity index (χ0n) is 6.88. The normalized spacial score (nSPS) is 12.8. The van der Waals surface area contributed by atoms with Crippen molar-refractivity contribution in [1.29, 1.82) is 0 Å². The van der Waals surface area contributed by atoms with Gasteiger partial charge >= 0.3 is 0 Å². The maximum Gasteiger partial charge on any atom is 0.266 e. The third-order valence-electron chi connectivity index (χ3n) is 1.29. The van der Waals surface area contributed by atoms with Gasteiger partial charge in [0.2, 0.25) is 0 Å². The molecule has 0 aromatic carbocycles. The van der Waals surface area contributed by atoms with Crippen molar-refractivity contribution in [1.82, 2.24) is 9.97 Å². The number of aromatic nitrogens is 2. The molecule has 0 fully saturated rings. The van der Waals surface area contributed by atoms with Crippen LogP contribution in [-0.4, -0.2) is 21.1 Å². The van der Waals surface area contributed by atoms with Gasteiger partial charge in [0.05, 0.1) is 6.33 Å². The molecule has 3 nitrogen and oxygen atoms in total. The van der Waals surface area contributed by atoms with E-state index in [0.29, 0.717) is 15.4 Å². The number of nitrogens with zero attached hydrogens (tertiary/aromatic N) is 1. The van der Waals surface area contributed by atoms with Crippen LogP contribution < -0.4 is 5.56 Å². The highest BCUT2D eigenvalue weighted by atomic mass is 79.9. The molecule has 1 unspecified atom stereocenters. The molecular formula is C7H8BrClN2OS. The molecule has 1 aromatic rings. The number of hydrogen-bond donors (Lipinski definition) is 1. The van der Waals surface area contributed by atoms with Crippen molar-refractivity contribution in [3.63, 3.8) is 0 Å². The standard InChI is InChI=1S/C7H8BrClN2OS/c1-4(2-9)13-7-5(8)6(12)10-3-11-7/h3-4H,2H2,1H3,(H,10,11,12). The first-order valence-corrected chi connectivity index (χ1v) is 5.81. The Hall–Kier alpha value is -0.000000000000000167. The Morgan fingerprint density at radius 3 is 3.15 bits per heavy atom. The smallest absolute Gasteiger partial charge is 0.266 e. The van der Waals surface area contributed by atoms with Gasteiger partial charge in [0.1, 0.15) is 9.50 Å². The van der Waals surface area contributed by atoms with E-state index in [4.69, 9.17) is 11.6 Å². The van der Waals surface area contributed by atoms with E-state index in [0.717, 1.165) is 0 Å². The Kier molecular flexibility index (Phi) is 4.28. The number of halogens is 2. The lowest BCUT2D eigenvalue weighted by molar-refractivity contribution is 0.980. The molecular weight excluding hydrogens is 276 g/mol. The van der Waals surface area contributed by atoms with Gasteiger partial charge in [-0.2, -0.15) is 0 Å². The minimum atomic E-state index is -0.167. The number of aromatic amines is 1. The van der Waals surface area contributed by atoms with E-state index in [9.17, 15) is 4.79 Å².